The van der Waals surface area contributed by atoms with E-state index >= 15 is 0 Å². The van der Waals surface area contributed by atoms with Gasteiger partial charge in [-0.3, -0.25) is 9.88 Å². The first-order valence-corrected chi connectivity index (χ1v) is 8.93. The Hall–Kier alpha value is -3.82. The van der Waals surface area contributed by atoms with Gasteiger partial charge in [0.1, 0.15) is 12.9 Å². The predicted octanol–water partition coefficient (Wildman–Crippen LogP) is 3.42. The van der Waals surface area contributed by atoms with Crippen molar-refractivity contribution >= 4 is 28.5 Å². The second kappa shape index (κ2) is 7.21. The first kappa shape index (κ1) is 19.5. The number of hydrogen-bond acceptors (Lipinski definition) is 5. The van der Waals surface area contributed by atoms with Gasteiger partial charge in [-0.25, -0.2) is 4.98 Å². The van der Waals surface area contributed by atoms with Crippen LogP contribution >= 0.6 is 0 Å². The first-order chi connectivity index (χ1) is 14.3. The van der Waals surface area contributed by atoms with E-state index in [-0.39, 0.29) is 11.8 Å². The number of nitrogens with two attached hydrogens (primary N) is 1. The molecular weight excluding hydrogens is 397 g/mol. The molecule has 0 bridgehead atoms. The van der Waals surface area contributed by atoms with Crippen LogP contribution in [0.15, 0.2) is 54.6 Å². The average molecular weight is 415 g/mol. The number of nitrogens with one attached hydrogen (secondary N) is 1. The van der Waals surface area contributed by atoms with Crippen molar-refractivity contribution in [1.29, 1.82) is 0 Å². The van der Waals surface area contributed by atoms with Crippen LogP contribution in [0.3, 0.4) is 0 Å². The number of rotatable bonds is 4. The summed E-state index contributed by atoms with van der Waals surface area (Å²) in [6.07, 6.45) is -4.41. The Morgan fingerprint density at radius 3 is 2.43 bits per heavy atom. The zero-order valence-electron chi connectivity index (χ0n) is 16.1. The number of hydrogen-bond donors (Lipinski definition) is 2. The standard InChI is InChI=1S/C20H17F3N6O/c1-12-25-15-5-3-4-6-16(15)28(12)18-11-17(24)29(30-2)19(27-18)26-14-9-7-13(8-10-14)20(21,22)23/h3-11H,1-2H3,(H2,24,26,27)/p+1. The van der Waals surface area contributed by atoms with E-state index < -0.39 is 11.7 Å². The molecule has 0 unspecified atom stereocenters. The molecule has 0 aliphatic heterocycles. The van der Waals surface area contributed by atoms with Crippen LogP contribution in [0, 0.1) is 6.92 Å². The van der Waals surface area contributed by atoms with Crippen molar-refractivity contribution in [2.24, 2.45) is 0 Å². The van der Waals surface area contributed by atoms with Crippen LogP contribution in [-0.4, -0.2) is 21.6 Å². The van der Waals surface area contributed by atoms with Gasteiger partial charge >= 0.3 is 12.1 Å². The lowest BCUT2D eigenvalue weighted by Gasteiger charge is -2.11. The molecule has 0 fully saturated rings. The van der Waals surface area contributed by atoms with Gasteiger partial charge in [-0.15, -0.1) is 0 Å². The molecule has 30 heavy (non-hydrogen) atoms. The summed E-state index contributed by atoms with van der Waals surface area (Å²) in [5, 5.41) is 2.96. The van der Waals surface area contributed by atoms with Crippen LogP contribution < -0.4 is 20.6 Å². The van der Waals surface area contributed by atoms with Gasteiger partial charge in [-0.05, 0) is 48.1 Å². The minimum atomic E-state index is -4.41. The molecule has 2 heterocycles. The van der Waals surface area contributed by atoms with Crippen LogP contribution in [0.4, 0.5) is 30.6 Å². The molecule has 0 atom stereocenters. The lowest BCUT2D eigenvalue weighted by Crippen LogP contribution is -2.46. The molecule has 0 radical (unpaired) electrons. The number of halogens is 3. The Bertz CT molecular complexity index is 1220. The van der Waals surface area contributed by atoms with Gasteiger partial charge in [-0.1, -0.05) is 17.1 Å². The number of nitrogen functional groups attached to an aromatic ring is 1. The second-order valence-electron chi connectivity index (χ2n) is 6.52. The summed E-state index contributed by atoms with van der Waals surface area (Å²) in [5.74, 6) is 1.64. The fraction of sp³-hybridized carbons (Fsp3) is 0.150. The second-order valence-corrected chi connectivity index (χ2v) is 6.52. The summed E-state index contributed by atoms with van der Waals surface area (Å²) in [5.41, 5.74) is 7.44. The third kappa shape index (κ3) is 3.47. The lowest BCUT2D eigenvalue weighted by atomic mass is 10.2. The highest BCUT2D eigenvalue weighted by molar-refractivity contribution is 5.78. The normalized spacial score (nSPS) is 11.6. The fourth-order valence-electron chi connectivity index (χ4n) is 3.19. The summed E-state index contributed by atoms with van der Waals surface area (Å²) in [4.78, 5) is 14.4. The fourth-order valence-corrected chi connectivity index (χ4v) is 3.19. The molecule has 10 heteroatoms. The molecule has 4 rings (SSSR count). The number of aryl methyl sites for hydroxylation is 1. The van der Waals surface area contributed by atoms with Crippen LogP contribution in [0.2, 0.25) is 0 Å². The Kier molecular flexibility index (Phi) is 4.69. The Morgan fingerprint density at radius 1 is 1.07 bits per heavy atom. The van der Waals surface area contributed by atoms with Crippen molar-refractivity contribution in [1.82, 2.24) is 14.5 Å². The molecule has 2 aromatic heterocycles. The smallest absolute Gasteiger partial charge is 0.371 e. The molecular formula is C20H18F3N6O+. The molecule has 0 aliphatic rings. The van der Waals surface area contributed by atoms with Crippen LogP contribution in [0.5, 0.6) is 0 Å². The number of fused-ring (bicyclic) bond motifs is 1. The zero-order chi connectivity index (χ0) is 21.5. The molecule has 0 saturated carbocycles. The highest BCUT2D eigenvalue weighted by Crippen LogP contribution is 2.30. The van der Waals surface area contributed by atoms with E-state index in [0.29, 0.717) is 17.3 Å². The minimum absolute atomic E-state index is 0.199. The van der Waals surface area contributed by atoms with E-state index in [9.17, 15) is 13.2 Å². The van der Waals surface area contributed by atoms with Crippen molar-refractivity contribution in [2.75, 3.05) is 18.2 Å². The van der Waals surface area contributed by atoms with Crippen molar-refractivity contribution < 1.29 is 22.7 Å². The molecule has 0 spiro atoms. The summed E-state index contributed by atoms with van der Waals surface area (Å²) >= 11 is 0. The molecule has 2 aromatic carbocycles. The van der Waals surface area contributed by atoms with E-state index in [4.69, 9.17) is 10.6 Å². The van der Waals surface area contributed by atoms with E-state index in [1.165, 1.54) is 24.0 Å². The number of para-hydroxylation sites is 2. The van der Waals surface area contributed by atoms with Crippen molar-refractivity contribution in [2.45, 2.75) is 13.1 Å². The summed E-state index contributed by atoms with van der Waals surface area (Å²) < 4.78 is 41.5. The van der Waals surface area contributed by atoms with E-state index in [1.54, 1.807) is 6.07 Å². The molecule has 0 aliphatic carbocycles. The van der Waals surface area contributed by atoms with Gasteiger partial charge < -0.3 is 10.6 Å². The van der Waals surface area contributed by atoms with Gasteiger partial charge in [0, 0.05) is 0 Å². The maximum Gasteiger partial charge on any atom is 0.416 e. The Labute approximate surface area is 169 Å². The maximum atomic E-state index is 12.8. The minimum Gasteiger partial charge on any atom is -0.371 e. The number of imidazole rings is 1. The molecule has 0 saturated heterocycles. The SMILES string of the molecule is CO[n+]1c(N)cc(-n2c(C)nc3ccccc32)nc1Nc1ccc(C(F)(F)F)cc1. The van der Waals surface area contributed by atoms with Gasteiger partial charge in [0.15, 0.2) is 0 Å². The number of nitrogens with zero attached hydrogens (tertiary/aromatic N) is 4. The summed E-state index contributed by atoms with van der Waals surface area (Å²) in [6.45, 7) is 1.85. The monoisotopic (exact) mass is 415 g/mol. The molecule has 3 N–H and O–H groups in total. The third-order valence-electron chi connectivity index (χ3n) is 4.53. The first-order valence-electron chi connectivity index (χ1n) is 8.93. The average Bonchev–Trinajstić information content (AvgIpc) is 3.03. The quantitative estimate of drug-likeness (QED) is 0.499. The van der Waals surface area contributed by atoms with E-state index in [1.807, 2.05) is 35.8 Å². The topological polar surface area (TPSA) is 81.9 Å². The van der Waals surface area contributed by atoms with Crippen LogP contribution in [0.1, 0.15) is 11.4 Å². The van der Waals surface area contributed by atoms with E-state index in [0.717, 1.165) is 23.2 Å². The van der Waals surface area contributed by atoms with Gasteiger partial charge in [0.05, 0.1) is 28.4 Å². The van der Waals surface area contributed by atoms with E-state index in [2.05, 4.69) is 15.3 Å². The molecule has 7 nitrogen and oxygen atoms in total. The lowest BCUT2D eigenvalue weighted by molar-refractivity contribution is -0.864. The van der Waals surface area contributed by atoms with Crippen LogP contribution in [-0.2, 0) is 6.18 Å². The highest BCUT2D eigenvalue weighted by atomic mass is 19.4. The third-order valence-corrected chi connectivity index (χ3v) is 4.53. The number of alkyl halides is 3. The number of benzene rings is 2. The largest absolute Gasteiger partial charge is 0.416 e. The van der Waals surface area contributed by atoms with Gasteiger partial charge in [0.25, 0.3) is 0 Å². The van der Waals surface area contributed by atoms with Crippen LogP contribution in [0.25, 0.3) is 16.9 Å². The van der Waals surface area contributed by atoms with Gasteiger partial charge in [0.2, 0.25) is 11.6 Å². The molecule has 4 aromatic rings. The zero-order valence-corrected chi connectivity index (χ0v) is 16.1. The maximum absolute atomic E-state index is 12.8. The van der Waals surface area contributed by atoms with Gasteiger partial charge in [-0.2, -0.15) is 13.2 Å². The molecule has 154 valence electrons. The molecule has 0 amide bonds. The summed E-state index contributed by atoms with van der Waals surface area (Å²) in [7, 11) is 1.41. The van der Waals surface area contributed by atoms with Crippen molar-refractivity contribution in [3.05, 3.63) is 66.0 Å². The number of anilines is 3. The Balaban J connectivity index is 1.78. The number of aromatic nitrogens is 4. The summed E-state index contributed by atoms with van der Waals surface area (Å²) in [6, 6.07) is 13.8. The predicted molar refractivity (Wildman–Crippen MR) is 105 cm³/mol. The highest BCUT2D eigenvalue weighted by Gasteiger charge is 2.30. The van der Waals surface area contributed by atoms with Crippen molar-refractivity contribution in [3.63, 3.8) is 0 Å². The Morgan fingerprint density at radius 2 is 1.77 bits per heavy atom. The van der Waals surface area contributed by atoms with Crippen molar-refractivity contribution in [3.8, 4) is 5.82 Å².